The van der Waals surface area contributed by atoms with Gasteiger partial charge >= 0.3 is 0 Å². The fraction of sp³-hybridized carbons (Fsp3) is 0.455. The third-order valence-electron chi connectivity index (χ3n) is 5.32. The average molecular weight is 388 g/mol. The molecule has 1 aliphatic rings. The van der Waals surface area contributed by atoms with E-state index >= 15 is 0 Å². The molecule has 2 aromatic rings. The van der Waals surface area contributed by atoms with Crippen molar-refractivity contribution in [2.24, 2.45) is 11.7 Å². The number of aliphatic hydroxyl groups is 2. The molecule has 0 bridgehead atoms. The van der Waals surface area contributed by atoms with Crippen LogP contribution in [0.2, 0.25) is 0 Å². The summed E-state index contributed by atoms with van der Waals surface area (Å²) in [4.78, 5) is 0. The predicted octanol–water partition coefficient (Wildman–Crippen LogP) is 2.90. The monoisotopic (exact) mass is 387 g/mol. The van der Waals surface area contributed by atoms with E-state index in [0.29, 0.717) is 11.7 Å². The molecule has 1 saturated heterocycles. The largest absolute Gasteiger partial charge is 0.395 e. The third kappa shape index (κ3) is 4.55. The number of rotatable bonds is 8. The second-order valence-electron chi connectivity index (χ2n) is 7.10. The Balaban J connectivity index is 2.10. The summed E-state index contributed by atoms with van der Waals surface area (Å²) >= 11 is 1.82. The van der Waals surface area contributed by atoms with Gasteiger partial charge in [-0.05, 0) is 35.4 Å². The number of ether oxygens (including phenoxy) is 1. The van der Waals surface area contributed by atoms with E-state index in [1.807, 2.05) is 30.0 Å². The highest BCUT2D eigenvalue weighted by Gasteiger charge is 2.43. The predicted molar refractivity (Wildman–Crippen MR) is 111 cm³/mol. The van der Waals surface area contributed by atoms with Crippen LogP contribution in [0, 0.1) is 5.92 Å². The van der Waals surface area contributed by atoms with Crippen LogP contribution in [0.4, 0.5) is 0 Å². The molecule has 0 saturated carbocycles. The first kappa shape index (κ1) is 20.4. The van der Waals surface area contributed by atoms with E-state index < -0.39 is 0 Å². The molecular weight excluding hydrogens is 358 g/mol. The minimum atomic E-state index is -0.258. The Morgan fingerprint density at radius 3 is 2.22 bits per heavy atom. The average Bonchev–Trinajstić information content (AvgIpc) is 2.76. The summed E-state index contributed by atoms with van der Waals surface area (Å²) in [6.07, 6.45) is 1.97. The van der Waals surface area contributed by atoms with Gasteiger partial charge in [-0.15, -0.1) is 11.8 Å². The first-order valence-corrected chi connectivity index (χ1v) is 10.5. The highest BCUT2D eigenvalue weighted by atomic mass is 32.2. The number of hydrogen-bond donors (Lipinski definition) is 3. The van der Waals surface area contributed by atoms with Gasteiger partial charge in [0.05, 0.1) is 18.0 Å². The Morgan fingerprint density at radius 1 is 1.00 bits per heavy atom. The Bertz CT molecular complexity index is 688. The molecule has 1 heterocycles. The Labute approximate surface area is 165 Å². The second kappa shape index (κ2) is 9.71. The van der Waals surface area contributed by atoms with Crippen molar-refractivity contribution in [1.29, 1.82) is 0 Å². The van der Waals surface area contributed by atoms with Gasteiger partial charge in [-0.1, -0.05) is 54.6 Å². The van der Waals surface area contributed by atoms with Gasteiger partial charge in [0.25, 0.3) is 0 Å². The lowest BCUT2D eigenvalue weighted by atomic mass is 9.76. The van der Waals surface area contributed by atoms with Gasteiger partial charge in [-0.2, -0.15) is 0 Å². The molecule has 4 nitrogen and oxygen atoms in total. The van der Waals surface area contributed by atoms with Gasteiger partial charge in [0.1, 0.15) is 0 Å². The van der Waals surface area contributed by atoms with E-state index in [9.17, 15) is 10.2 Å². The lowest BCUT2D eigenvalue weighted by molar-refractivity contribution is 0.0576. The minimum Gasteiger partial charge on any atom is -0.395 e. The molecule has 0 amide bonds. The summed E-state index contributed by atoms with van der Waals surface area (Å²) < 4.78 is 5.38. The van der Waals surface area contributed by atoms with Crippen LogP contribution in [0.15, 0.2) is 54.6 Å². The maximum Gasteiger partial charge on any atom is 0.0687 e. The molecule has 0 spiro atoms. The van der Waals surface area contributed by atoms with Crippen LogP contribution < -0.4 is 5.73 Å². The summed E-state index contributed by atoms with van der Waals surface area (Å²) in [6.45, 7) is 1.55. The fourth-order valence-corrected chi connectivity index (χ4v) is 5.52. The van der Waals surface area contributed by atoms with Gasteiger partial charge in [0.2, 0.25) is 0 Å². The van der Waals surface area contributed by atoms with Crippen molar-refractivity contribution in [3.05, 3.63) is 71.3 Å². The van der Waals surface area contributed by atoms with E-state index in [1.165, 1.54) is 11.1 Å². The number of hydrogen-bond acceptors (Lipinski definition) is 5. The van der Waals surface area contributed by atoms with Crippen LogP contribution in [-0.2, 0) is 16.1 Å². The molecule has 4 N–H and O–H groups in total. The van der Waals surface area contributed by atoms with Crippen LogP contribution in [0.25, 0.3) is 0 Å². The topological polar surface area (TPSA) is 75.7 Å². The number of aliphatic hydroxyl groups excluding tert-OH is 2. The summed E-state index contributed by atoms with van der Waals surface area (Å²) in [7, 11) is 0. The quantitative estimate of drug-likeness (QED) is 0.649. The van der Waals surface area contributed by atoms with Crippen molar-refractivity contribution >= 4 is 11.8 Å². The second-order valence-corrected chi connectivity index (χ2v) is 8.36. The zero-order valence-electron chi connectivity index (χ0n) is 15.6. The fourth-order valence-electron chi connectivity index (χ4n) is 3.86. The van der Waals surface area contributed by atoms with Gasteiger partial charge in [-0.3, -0.25) is 0 Å². The summed E-state index contributed by atoms with van der Waals surface area (Å²) in [6, 6.07) is 18.6. The Hall–Kier alpha value is -1.37. The van der Waals surface area contributed by atoms with Crippen molar-refractivity contribution in [3.63, 3.8) is 0 Å². The van der Waals surface area contributed by atoms with Crippen molar-refractivity contribution in [2.45, 2.75) is 30.2 Å². The zero-order valence-corrected chi connectivity index (χ0v) is 16.4. The molecule has 2 aromatic carbocycles. The standard InChI is InChI=1S/C22H29NO3S/c23-21(15-25)16-27-22(18-4-2-1-3-5-18,20-10-12-26-13-11-20)19-8-6-17(14-24)7-9-19/h1-9,20-21,24-25H,10-16,23H2/t21-,22?/m1/s1. The number of nitrogens with two attached hydrogens (primary N) is 1. The highest BCUT2D eigenvalue weighted by Crippen LogP contribution is 2.52. The van der Waals surface area contributed by atoms with E-state index in [2.05, 4.69) is 36.4 Å². The molecule has 1 fully saturated rings. The van der Waals surface area contributed by atoms with Crippen molar-refractivity contribution < 1.29 is 14.9 Å². The summed E-state index contributed by atoms with van der Waals surface area (Å²) in [5.41, 5.74) is 9.46. The lowest BCUT2D eigenvalue weighted by Crippen LogP contribution is -2.39. The van der Waals surface area contributed by atoms with Crippen LogP contribution in [0.1, 0.15) is 29.5 Å². The van der Waals surface area contributed by atoms with Gasteiger partial charge in [0, 0.05) is 25.0 Å². The molecule has 0 aliphatic carbocycles. The summed E-state index contributed by atoms with van der Waals surface area (Å²) in [5, 5.41) is 18.9. The third-order valence-corrected chi connectivity index (χ3v) is 7.18. The van der Waals surface area contributed by atoms with E-state index in [-0.39, 0.29) is 24.0 Å². The molecule has 2 atom stereocenters. The smallest absolute Gasteiger partial charge is 0.0687 e. The molecule has 27 heavy (non-hydrogen) atoms. The number of benzene rings is 2. The van der Waals surface area contributed by atoms with Crippen LogP contribution >= 0.6 is 11.8 Å². The maximum atomic E-state index is 9.47. The Morgan fingerprint density at radius 2 is 1.63 bits per heavy atom. The van der Waals surface area contributed by atoms with Crippen molar-refractivity contribution in [1.82, 2.24) is 0 Å². The maximum absolute atomic E-state index is 9.47. The first-order chi connectivity index (χ1) is 13.2. The Kier molecular flexibility index (Phi) is 7.33. The highest BCUT2D eigenvalue weighted by molar-refractivity contribution is 8.00. The van der Waals surface area contributed by atoms with Gasteiger partial charge in [0.15, 0.2) is 0 Å². The van der Waals surface area contributed by atoms with E-state index in [1.54, 1.807) is 0 Å². The van der Waals surface area contributed by atoms with Crippen LogP contribution in [0.5, 0.6) is 0 Å². The van der Waals surface area contributed by atoms with Gasteiger partial charge < -0.3 is 20.7 Å². The van der Waals surface area contributed by atoms with Crippen LogP contribution in [0.3, 0.4) is 0 Å². The molecule has 0 radical (unpaired) electrons. The molecule has 1 unspecified atom stereocenters. The van der Waals surface area contributed by atoms with Crippen molar-refractivity contribution in [2.75, 3.05) is 25.6 Å². The van der Waals surface area contributed by atoms with E-state index in [4.69, 9.17) is 10.5 Å². The zero-order chi connectivity index (χ0) is 19.1. The first-order valence-electron chi connectivity index (χ1n) is 9.54. The molecule has 3 rings (SSSR count). The molecule has 5 heteroatoms. The van der Waals surface area contributed by atoms with E-state index in [0.717, 1.165) is 31.6 Å². The molecule has 146 valence electrons. The number of thioether (sulfide) groups is 1. The lowest BCUT2D eigenvalue weighted by Gasteiger charge is -2.44. The summed E-state index contributed by atoms with van der Waals surface area (Å²) in [5.74, 6) is 1.08. The normalized spacial score (nSPS) is 18.8. The molecule has 1 aliphatic heterocycles. The molecule has 0 aromatic heterocycles. The van der Waals surface area contributed by atoms with Crippen LogP contribution in [-0.4, -0.2) is 41.8 Å². The van der Waals surface area contributed by atoms with Crippen molar-refractivity contribution in [3.8, 4) is 0 Å². The minimum absolute atomic E-state index is 0.0188. The van der Waals surface area contributed by atoms with Gasteiger partial charge in [-0.25, -0.2) is 0 Å². The SMILES string of the molecule is N[C@H](CO)CSC(c1ccccc1)(c1ccc(CO)cc1)C1CCOCC1. The molecular formula is C22H29NO3S.